The van der Waals surface area contributed by atoms with E-state index in [0.29, 0.717) is 31.1 Å². The van der Waals surface area contributed by atoms with Gasteiger partial charge in [0, 0.05) is 19.3 Å². The van der Waals surface area contributed by atoms with Gasteiger partial charge in [0.1, 0.15) is 17.8 Å². The van der Waals surface area contributed by atoms with Crippen molar-refractivity contribution < 1.29 is 9.53 Å². The largest absolute Gasteiger partial charge is 0.480 e. The molecule has 25 heavy (non-hydrogen) atoms. The molecule has 1 aliphatic rings. The highest BCUT2D eigenvalue weighted by molar-refractivity contribution is 5.96. The average molecular weight is 340 g/mol. The highest BCUT2D eigenvalue weighted by Crippen LogP contribution is 2.25. The summed E-state index contributed by atoms with van der Waals surface area (Å²) < 4.78 is 6.93. The molecule has 3 aromatic heterocycles. The van der Waals surface area contributed by atoms with E-state index in [-0.39, 0.29) is 11.9 Å². The lowest BCUT2D eigenvalue weighted by atomic mass is 10.1. The number of hydrogen-bond acceptors (Lipinski definition) is 7. The molecule has 128 valence electrons. The first kappa shape index (κ1) is 15.2. The maximum Gasteiger partial charge on any atom is 0.259 e. The first-order valence-corrected chi connectivity index (χ1v) is 7.77. The van der Waals surface area contributed by atoms with Crippen molar-refractivity contribution in [2.24, 2.45) is 0 Å². The van der Waals surface area contributed by atoms with Crippen molar-refractivity contribution in [1.29, 1.82) is 0 Å². The molecule has 10 nitrogen and oxygen atoms in total. The van der Waals surface area contributed by atoms with Gasteiger partial charge in [0.25, 0.3) is 5.91 Å². The zero-order chi connectivity index (χ0) is 17.2. The minimum absolute atomic E-state index is 0.0951. The fraction of sp³-hybridized carbons (Fsp3) is 0.333. The van der Waals surface area contributed by atoms with Crippen molar-refractivity contribution in [2.75, 3.05) is 20.2 Å². The molecule has 0 radical (unpaired) electrons. The summed E-state index contributed by atoms with van der Waals surface area (Å²) in [6.45, 7) is 1.61. The van der Waals surface area contributed by atoms with Gasteiger partial charge in [-0.15, -0.1) is 5.10 Å². The van der Waals surface area contributed by atoms with E-state index in [4.69, 9.17) is 4.74 Å². The second-order valence-electron chi connectivity index (χ2n) is 5.67. The molecule has 0 aliphatic carbocycles. The summed E-state index contributed by atoms with van der Waals surface area (Å²) in [4.78, 5) is 19.9. The van der Waals surface area contributed by atoms with Crippen LogP contribution in [0.4, 0.5) is 0 Å². The van der Waals surface area contributed by atoms with Crippen molar-refractivity contribution in [3.05, 3.63) is 48.2 Å². The number of likely N-dealkylation sites (tertiary alicyclic amines) is 1. The number of ether oxygens (including phenoxy) is 1. The molecule has 10 heteroatoms. The SMILES string of the molecule is COc1ncccc1C(=O)N1CC(n2cc(Cn3nccn3)nn2)C1. The summed E-state index contributed by atoms with van der Waals surface area (Å²) in [5, 5.41) is 16.4. The lowest BCUT2D eigenvalue weighted by Gasteiger charge is -2.38. The van der Waals surface area contributed by atoms with E-state index in [1.54, 1.807) is 45.1 Å². The van der Waals surface area contributed by atoms with Crippen molar-refractivity contribution in [1.82, 2.24) is 39.9 Å². The van der Waals surface area contributed by atoms with Gasteiger partial charge < -0.3 is 9.64 Å². The molecule has 1 fully saturated rings. The summed E-state index contributed by atoms with van der Waals surface area (Å²) in [6, 6.07) is 3.55. The second-order valence-corrected chi connectivity index (χ2v) is 5.67. The number of carbonyl (C=O) groups excluding carboxylic acids is 1. The second kappa shape index (κ2) is 6.30. The van der Waals surface area contributed by atoms with Crippen LogP contribution in [0.2, 0.25) is 0 Å². The van der Waals surface area contributed by atoms with Crippen LogP contribution in [0.25, 0.3) is 0 Å². The van der Waals surface area contributed by atoms with Gasteiger partial charge in [-0.25, -0.2) is 9.67 Å². The number of carbonyl (C=O) groups is 1. The molecule has 0 spiro atoms. The van der Waals surface area contributed by atoms with Gasteiger partial charge in [-0.05, 0) is 12.1 Å². The Balaban J connectivity index is 1.39. The minimum atomic E-state index is -0.0951. The summed E-state index contributed by atoms with van der Waals surface area (Å²) in [6.07, 6.45) is 6.69. The monoisotopic (exact) mass is 340 g/mol. The molecule has 0 atom stereocenters. The van der Waals surface area contributed by atoms with E-state index in [9.17, 15) is 4.79 Å². The number of nitrogens with zero attached hydrogens (tertiary/aromatic N) is 8. The third-order valence-electron chi connectivity index (χ3n) is 4.05. The Morgan fingerprint density at radius 1 is 1.28 bits per heavy atom. The van der Waals surface area contributed by atoms with E-state index >= 15 is 0 Å². The fourth-order valence-electron chi connectivity index (χ4n) is 2.71. The third kappa shape index (κ3) is 2.93. The minimum Gasteiger partial charge on any atom is -0.480 e. The molecule has 1 amide bonds. The highest BCUT2D eigenvalue weighted by atomic mass is 16.5. The van der Waals surface area contributed by atoms with Gasteiger partial charge in [0.2, 0.25) is 5.88 Å². The molecule has 0 bridgehead atoms. The van der Waals surface area contributed by atoms with Gasteiger partial charge in [0.15, 0.2) is 0 Å². The molecule has 1 aliphatic heterocycles. The van der Waals surface area contributed by atoms with Crippen LogP contribution < -0.4 is 4.74 Å². The molecule has 0 saturated carbocycles. The first-order chi connectivity index (χ1) is 12.2. The van der Waals surface area contributed by atoms with Gasteiger partial charge >= 0.3 is 0 Å². The summed E-state index contributed by atoms with van der Waals surface area (Å²) in [5.74, 6) is 0.244. The Morgan fingerprint density at radius 2 is 2.08 bits per heavy atom. The topological polar surface area (TPSA) is 104 Å². The van der Waals surface area contributed by atoms with Crippen molar-refractivity contribution in [2.45, 2.75) is 12.6 Å². The zero-order valence-electron chi connectivity index (χ0n) is 13.6. The predicted octanol–water partition coefficient (Wildman–Crippen LogP) is 0.0186. The van der Waals surface area contributed by atoms with Crippen molar-refractivity contribution in [3.8, 4) is 5.88 Å². The normalized spacial score (nSPS) is 14.4. The molecular formula is C15H16N8O2. The van der Waals surface area contributed by atoms with Gasteiger partial charge in [-0.2, -0.15) is 15.0 Å². The Morgan fingerprint density at radius 3 is 2.84 bits per heavy atom. The van der Waals surface area contributed by atoms with Gasteiger partial charge in [-0.1, -0.05) is 5.21 Å². The van der Waals surface area contributed by atoms with E-state index < -0.39 is 0 Å². The number of hydrogen-bond donors (Lipinski definition) is 0. The lowest BCUT2D eigenvalue weighted by Crippen LogP contribution is -2.51. The summed E-state index contributed by atoms with van der Waals surface area (Å²) in [5.41, 5.74) is 1.24. The average Bonchev–Trinajstić information content (AvgIpc) is 3.26. The zero-order valence-corrected chi connectivity index (χ0v) is 13.6. The Kier molecular flexibility index (Phi) is 3.84. The molecule has 4 heterocycles. The van der Waals surface area contributed by atoms with Crippen LogP contribution in [-0.4, -0.2) is 66.0 Å². The number of rotatable bonds is 5. The quantitative estimate of drug-likeness (QED) is 0.645. The highest BCUT2D eigenvalue weighted by Gasteiger charge is 2.34. The smallest absolute Gasteiger partial charge is 0.259 e. The number of amides is 1. The fourth-order valence-corrected chi connectivity index (χ4v) is 2.71. The maximum atomic E-state index is 12.5. The Hall–Kier alpha value is -3.30. The molecule has 0 aromatic carbocycles. The van der Waals surface area contributed by atoms with Crippen LogP contribution in [-0.2, 0) is 6.54 Å². The van der Waals surface area contributed by atoms with E-state index in [1.807, 2.05) is 6.20 Å². The van der Waals surface area contributed by atoms with Crippen LogP contribution >= 0.6 is 0 Å². The number of aromatic nitrogens is 7. The third-order valence-corrected chi connectivity index (χ3v) is 4.05. The predicted molar refractivity (Wildman–Crippen MR) is 84.9 cm³/mol. The number of methoxy groups -OCH3 is 1. The Labute approximate surface area is 143 Å². The molecular weight excluding hydrogens is 324 g/mol. The number of pyridine rings is 1. The van der Waals surface area contributed by atoms with E-state index in [1.165, 1.54) is 7.11 Å². The maximum absolute atomic E-state index is 12.5. The molecule has 0 unspecified atom stereocenters. The molecule has 0 N–H and O–H groups in total. The van der Waals surface area contributed by atoms with E-state index in [0.717, 1.165) is 5.69 Å². The van der Waals surface area contributed by atoms with Crippen molar-refractivity contribution >= 4 is 5.91 Å². The van der Waals surface area contributed by atoms with Crippen LogP contribution in [0.15, 0.2) is 36.9 Å². The van der Waals surface area contributed by atoms with Crippen LogP contribution in [0, 0.1) is 0 Å². The molecule has 4 rings (SSSR count). The lowest BCUT2D eigenvalue weighted by molar-refractivity contribution is 0.0494. The summed E-state index contributed by atoms with van der Waals surface area (Å²) in [7, 11) is 1.50. The molecule has 1 saturated heterocycles. The summed E-state index contributed by atoms with van der Waals surface area (Å²) >= 11 is 0. The van der Waals surface area contributed by atoms with Crippen LogP contribution in [0.5, 0.6) is 5.88 Å². The van der Waals surface area contributed by atoms with Gasteiger partial charge in [-0.3, -0.25) is 4.79 Å². The molecule has 3 aromatic rings. The van der Waals surface area contributed by atoms with Gasteiger partial charge in [0.05, 0.1) is 31.7 Å². The van der Waals surface area contributed by atoms with E-state index in [2.05, 4.69) is 25.5 Å². The standard InChI is InChI=1S/C15H16N8O2/c1-25-14-13(3-2-4-16-14)15(24)21-9-12(10-21)22-7-11(19-20-22)8-23-17-5-6-18-23/h2-7,12H,8-10H2,1H3. The van der Waals surface area contributed by atoms with Crippen LogP contribution in [0.1, 0.15) is 22.1 Å². The van der Waals surface area contributed by atoms with Crippen LogP contribution in [0.3, 0.4) is 0 Å². The Bertz CT molecular complexity index is 869. The first-order valence-electron chi connectivity index (χ1n) is 7.77. The van der Waals surface area contributed by atoms with Crippen molar-refractivity contribution in [3.63, 3.8) is 0 Å².